The minimum absolute atomic E-state index is 0.209. The van der Waals surface area contributed by atoms with Crippen LogP contribution in [0.1, 0.15) is 39.2 Å². The van der Waals surface area contributed by atoms with Gasteiger partial charge in [-0.2, -0.15) is 0 Å². The Morgan fingerprint density at radius 1 is 1.23 bits per heavy atom. The van der Waals surface area contributed by atoms with Crippen LogP contribution < -0.4 is 10.2 Å². The summed E-state index contributed by atoms with van der Waals surface area (Å²) in [4.78, 5) is 20.0. The van der Waals surface area contributed by atoms with E-state index in [0.717, 1.165) is 42.1 Å². The van der Waals surface area contributed by atoms with E-state index in [4.69, 9.17) is 0 Å². The maximum absolute atomic E-state index is 13.7. The van der Waals surface area contributed by atoms with Crippen molar-refractivity contribution in [3.8, 4) is 0 Å². The number of hydrogen-bond acceptors (Lipinski definition) is 5. The summed E-state index contributed by atoms with van der Waals surface area (Å²) in [6.45, 7) is 3.38. The minimum atomic E-state index is -0.213. The summed E-state index contributed by atoms with van der Waals surface area (Å²) < 4.78 is 13.7. The van der Waals surface area contributed by atoms with Crippen molar-refractivity contribution in [1.29, 1.82) is 0 Å². The molecule has 156 valence electrons. The lowest BCUT2D eigenvalue weighted by atomic mass is 10.1. The topological polar surface area (TPSA) is 65.5 Å². The molecule has 2 heterocycles. The lowest BCUT2D eigenvalue weighted by molar-refractivity contribution is 0.102. The van der Waals surface area contributed by atoms with Gasteiger partial charge in [-0.15, -0.1) is 11.3 Å². The number of halogens is 1. The van der Waals surface area contributed by atoms with Crippen LogP contribution in [0.2, 0.25) is 0 Å². The number of thiazole rings is 1. The molecule has 1 saturated heterocycles. The number of nitrogens with one attached hydrogen (secondary N) is 1. The number of carbonyl (C=O) groups excluding carboxylic acids is 1. The summed E-state index contributed by atoms with van der Waals surface area (Å²) in [7, 11) is 0. The van der Waals surface area contributed by atoms with Gasteiger partial charge in [0.2, 0.25) is 0 Å². The fraction of sp³-hybridized carbons (Fsp3) is 0.304. The fourth-order valence-electron chi connectivity index (χ4n) is 3.51. The van der Waals surface area contributed by atoms with Gasteiger partial charge in [-0.1, -0.05) is 12.1 Å². The summed E-state index contributed by atoms with van der Waals surface area (Å²) >= 11 is 1.39. The number of piperidine rings is 1. The third kappa shape index (κ3) is 4.86. The molecule has 1 aliphatic rings. The van der Waals surface area contributed by atoms with E-state index in [9.17, 15) is 14.3 Å². The number of benzene rings is 2. The molecule has 0 aliphatic carbocycles. The van der Waals surface area contributed by atoms with Gasteiger partial charge in [0.05, 0.1) is 6.10 Å². The molecule has 2 aromatic carbocycles. The molecule has 30 heavy (non-hydrogen) atoms. The number of aliphatic hydroxyl groups excluding tert-OH is 1. The van der Waals surface area contributed by atoms with E-state index in [0.29, 0.717) is 22.7 Å². The summed E-state index contributed by atoms with van der Waals surface area (Å²) in [6, 6.07) is 12.7. The Labute approximate surface area is 179 Å². The highest BCUT2D eigenvalue weighted by Gasteiger charge is 2.17. The standard InChI is InChI=1S/C23H24FN3O2S/c1-15-2-3-16(13-21(15)24)12-20-14-25-23(30-20)26-22(29)17-4-6-18(7-5-17)27-10-8-19(28)9-11-27/h2-7,13-14,19,28H,8-12H2,1H3,(H,25,26,29). The number of aryl methyl sites for hydroxylation is 1. The van der Waals surface area contributed by atoms with Crippen LogP contribution in [0, 0.1) is 12.7 Å². The van der Waals surface area contributed by atoms with Crippen LogP contribution in [0.15, 0.2) is 48.7 Å². The van der Waals surface area contributed by atoms with Gasteiger partial charge in [-0.25, -0.2) is 9.37 Å². The van der Waals surface area contributed by atoms with Gasteiger partial charge in [0, 0.05) is 41.8 Å². The van der Waals surface area contributed by atoms with Crippen molar-refractivity contribution in [3.63, 3.8) is 0 Å². The predicted molar refractivity (Wildman–Crippen MR) is 118 cm³/mol. The van der Waals surface area contributed by atoms with Crippen LogP contribution in [-0.2, 0) is 6.42 Å². The highest BCUT2D eigenvalue weighted by atomic mass is 32.1. The molecule has 1 fully saturated rings. The van der Waals surface area contributed by atoms with Crippen molar-refractivity contribution < 1.29 is 14.3 Å². The van der Waals surface area contributed by atoms with Gasteiger partial charge >= 0.3 is 0 Å². The first-order valence-corrected chi connectivity index (χ1v) is 10.8. The van der Waals surface area contributed by atoms with Gasteiger partial charge in [-0.3, -0.25) is 10.1 Å². The molecule has 4 rings (SSSR count). The number of carbonyl (C=O) groups is 1. The monoisotopic (exact) mass is 425 g/mol. The minimum Gasteiger partial charge on any atom is -0.393 e. The Morgan fingerprint density at radius 2 is 1.97 bits per heavy atom. The van der Waals surface area contributed by atoms with Gasteiger partial charge in [0.1, 0.15) is 5.82 Å². The lowest BCUT2D eigenvalue weighted by Crippen LogP contribution is -2.35. The van der Waals surface area contributed by atoms with Crippen molar-refractivity contribution in [2.75, 3.05) is 23.3 Å². The number of amides is 1. The van der Waals surface area contributed by atoms with Gasteiger partial charge < -0.3 is 10.0 Å². The van der Waals surface area contributed by atoms with Crippen LogP contribution in [0.3, 0.4) is 0 Å². The largest absolute Gasteiger partial charge is 0.393 e. The molecule has 1 amide bonds. The second-order valence-electron chi connectivity index (χ2n) is 7.61. The molecule has 1 aliphatic heterocycles. The van der Waals surface area contributed by atoms with Crippen molar-refractivity contribution in [2.24, 2.45) is 0 Å². The molecule has 0 unspecified atom stereocenters. The molecule has 3 aromatic rings. The number of hydrogen-bond donors (Lipinski definition) is 2. The molecule has 7 heteroatoms. The van der Waals surface area contributed by atoms with E-state index in [1.54, 1.807) is 31.3 Å². The summed E-state index contributed by atoms with van der Waals surface area (Å²) in [5.41, 5.74) is 3.12. The highest BCUT2D eigenvalue weighted by molar-refractivity contribution is 7.15. The zero-order valence-electron chi connectivity index (χ0n) is 16.8. The molecule has 0 radical (unpaired) electrons. The average molecular weight is 426 g/mol. The Bertz CT molecular complexity index is 1030. The Morgan fingerprint density at radius 3 is 2.67 bits per heavy atom. The van der Waals surface area contributed by atoms with Gasteiger partial charge in [-0.05, 0) is 61.2 Å². The van der Waals surface area contributed by atoms with E-state index < -0.39 is 0 Å². The van der Waals surface area contributed by atoms with Crippen molar-refractivity contribution in [1.82, 2.24) is 4.98 Å². The molecule has 5 nitrogen and oxygen atoms in total. The molecule has 0 atom stereocenters. The Hall–Kier alpha value is -2.77. The molecular weight excluding hydrogens is 401 g/mol. The van der Waals surface area contributed by atoms with E-state index >= 15 is 0 Å². The Kier molecular flexibility index (Phi) is 6.11. The SMILES string of the molecule is Cc1ccc(Cc2cnc(NC(=O)c3ccc(N4CCC(O)CC4)cc3)s2)cc1F. The molecular formula is C23H24FN3O2S. The van der Waals surface area contributed by atoms with E-state index in [1.165, 1.54) is 17.4 Å². The van der Waals surface area contributed by atoms with E-state index in [1.807, 2.05) is 18.2 Å². The summed E-state index contributed by atoms with van der Waals surface area (Å²) in [5.74, 6) is -0.424. The fourth-order valence-corrected chi connectivity index (χ4v) is 4.35. The average Bonchev–Trinajstić information content (AvgIpc) is 3.18. The summed E-state index contributed by atoms with van der Waals surface area (Å²) in [6.07, 6.45) is 3.61. The lowest BCUT2D eigenvalue weighted by Gasteiger charge is -2.31. The maximum Gasteiger partial charge on any atom is 0.257 e. The third-order valence-corrected chi connectivity index (χ3v) is 6.26. The smallest absolute Gasteiger partial charge is 0.257 e. The first kappa shape index (κ1) is 20.5. The molecule has 0 saturated carbocycles. The normalized spacial score (nSPS) is 14.7. The number of anilines is 2. The van der Waals surface area contributed by atoms with Crippen molar-refractivity contribution >= 4 is 28.1 Å². The van der Waals surface area contributed by atoms with Crippen LogP contribution >= 0.6 is 11.3 Å². The van der Waals surface area contributed by atoms with Crippen LogP contribution in [-0.4, -0.2) is 35.2 Å². The molecule has 0 bridgehead atoms. The van der Waals surface area contributed by atoms with Gasteiger partial charge in [0.15, 0.2) is 5.13 Å². The van der Waals surface area contributed by atoms with Crippen LogP contribution in [0.25, 0.3) is 0 Å². The predicted octanol–water partition coefficient (Wildman–Crippen LogP) is 4.39. The second-order valence-corrected chi connectivity index (χ2v) is 8.73. The van der Waals surface area contributed by atoms with Crippen LogP contribution in [0.5, 0.6) is 0 Å². The van der Waals surface area contributed by atoms with Gasteiger partial charge in [0.25, 0.3) is 5.91 Å². The zero-order valence-corrected chi connectivity index (χ0v) is 17.6. The number of aliphatic hydroxyl groups is 1. The molecule has 1 aromatic heterocycles. The Balaban J connectivity index is 1.36. The zero-order chi connectivity index (χ0) is 21.1. The van der Waals surface area contributed by atoms with E-state index in [2.05, 4.69) is 15.2 Å². The highest BCUT2D eigenvalue weighted by Crippen LogP contribution is 2.24. The van der Waals surface area contributed by atoms with Crippen molar-refractivity contribution in [3.05, 3.63) is 76.0 Å². The van der Waals surface area contributed by atoms with E-state index in [-0.39, 0.29) is 17.8 Å². The quantitative estimate of drug-likeness (QED) is 0.636. The van der Waals surface area contributed by atoms with Crippen molar-refractivity contribution in [2.45, 2.75) is 32.3 Å². The molecule has 2 N–H and O–H groups in total. The number of rotatable bonds is 5. The van der Waals surface area contributed by atoms with Crippen LogP contribution in [0.4, 0.5) is 15.2 Å². The first-order chi connectivity index (χ1) is 14.5. The maximum atomic E-state index is 13.7. The first-order valence-electron chi connectivity index (χ1n) is 10.0. The second kappa shape index (κ2) is 8.93. The number of aromatic nitrogens is 1. The summed E-state index contributed by atoms with van der Waals surface area (Å²) in [5, 5.41) is 13.0. The third-order valence-electron chi connectivity index (χ3n) is 5.35. The molecule has 0 spiro atoms. The number of nitrogens with zero attached hydrogens (tertiary/aromatic N) is 2.